The molecule has 1 N–H and O–H groups in total. The van der Waals surface area contributed by atoms with Gasteiger partial charge in [0, 0.05) is 13.6 Å². The Hall–Kier alpha value is -2.82. The highest BCUT2D eigenvalue weighted by Crippen LogP contribution is 2.13. The highest BCUT2D eigenvalue weighted by molar-refractivity contribution is 5.77. The van der Waals surface area contributed by atoms with E-state index >= 15 is 0 Å². The summed E-state index contributed by atoms with van der Waals surface area (Å²) >= 11 is 0. The van der Waals surface area contributed by atoms with E-state index in [0.29, 0.717) is 17.9 Å². The highest BCUT2D eigenvalue weighted by atomic mass is 16.5. The number of amides is 1. The highest BCUT2D eigenvalue weighted by Gasteiger charge is 2.10. The summed E-state index contributed by atoms with van der Waals surface area (Å²) in [5.41, 5.74) is 1.75. The first kappa shape index (κ1) is 16.5. The van der Waals surface area contributed by atoms with Crippen LogP contribution in [-0.2, 0) is 22.6 Å². The summed E-state index contributed by atoms with van der Waals surface area (Å²) in [5.74, 6) is -0.458. The second-order valence-corrected chi connectivity index (χ2v) is 5.24. The maximum absolute atomic E-state index is 12.1. The smallest absolute Gasteiger partial charge is 0.307 e. The number of carboxylic acid groups (broad SMARTS) is 1. The molecule has 0 unspecified atom stereocenters. The van der Waals surface area contributed by atoms with E-state index in [1.54, 1.807) is 36.2 Å². The number of carbonyl (C=O) groups is 2. The predicted molar refractivity (Wildman–Crippen MR) is 86.2 cm³/mol. The minimum atomic E-state index is -0.878. The minimum absolute atomic E-state index is 0.0287. The number of nitrogens with zero attached hydrogens (tertiary/aromatic N) is 1. The van der Waals surface area contributed by atoms with Gasteiger partial charge in [-0.3, -0.25) is 9.59 Å². The molecule has 1 amide bonds. The van der Waals surface area contributed by atoms with E-state index < -0.39 is 5.97 Å². The van der Waals surface area contributed by atoms with Crippen molar-refractivity contribution in [2.24, 2.45) is 0 Å². The zero-order valence-electron chi connectivity index (χ0n) is 12.9. The Morgan fingerprint density at radius 1 is 1.00 bits per heavy atom. The van der Waals surface area contributed by atoms with Crippen LogP contribution < -0.4 is 4.74 Å². The summed E-state index contributed by atoms with van der Waals surface area (Å²) < 4.78 is 5.45. The lowest BCUT2D eigenvalue weighted by Crippen LogP contribution is -2.30. The van der Waals surface area contributed by atoms with Gasteiger partial charge in [-0.05, 0) is 23.3 Å². The molecule has 2 aromatic rings. The van der Waals surface area contributed by atoms with Crippen LogP contribution in [0.15, 0.2) is 54.6 Å². The molecule has 0 saturated heterocycles. The zero-order valence-corrected chi connectivity index (χ0v) is 12.9. The van der Waals surface area contributed by atoms with Crippen LogP contribution in [0, 0.1) is 0 Å². The van der Waals surface area contributed by atoms with Gasteiger partial charge < -0.3 is 14.7 Å². The van der Waals surface area contributed by atoms with Crippen LogP contribution in [0.3, 0.4) is 0 Å². The lowest BCUT2D eigenvalue weighted by Gasteiger charge is -2.17. The van der Waals surface area contributed by atoms with Crippen molar-refractivity contribution in [3.8, 4) is 5.75 Å². The quantitative estimate of drug-likeness (QED) is 0.852. The average molecular weight is 313 g/mol. The molecule has 0 aliphatic heterocycles. The van der Waals surface area contributed by atoms with Gasteiger partial charge in [0.15, 0.2) is 6.61 Å². The molecule has 2 rings (SSSR count). The molecular formula is C18H19NO4. The largest absolute Gasteiger partial charge is 0.484 e. The number of hydrogen-bond donors (Lipinski definition) is 1. The average Bonchev–Trinajstić information content (AvgIpc) is 2.54. The van der Waals surface area contributed by atoms with Crippen molar-refractivity contribution < 1.29 is 19.4 Å². The number of carbonyl (C=O) groups excluding carboxylic acids is 1. The monoisotopic (exact) mass is 313 g/mol. The van der Waals surface area contributed by atoms with E-state index in [9.17, 15) is 9.59 Å². The Morgan fingerprint density at radius 3 is 2.26 bits per heavy atom. The molecule has 0 aromatic heterocycles. The van der Waals surface area contributed by atoms with Crippen LogP contribution in [-0.4, -0.2) is 35.5 Å². The number of aliphatic carboxylic acids is 1. The van der Waals surface area contributed by atoms with Crippen molar-refractivity contribution in [3.05, 3.63) is 65.7 Å². The standard InChI is InChI=1S/C18H19NO4/c1-19(12-15-5-3-2-4-6-15)17(20)13-23-16-9-7-14(8-10-16)11-18(21)22/h2-10H,11-13H2,1H3,(H,21,22). The first-order valence-electron chi connectivity index (χ1n) is 7.26. The fraction of sp³-hybridized carbons (Fsp3) is 0.222. The number of benzene rings is 2. The summed E-state index contributed by atoms with van der Waals surface area (Å²) in [6.45, 7) is 0.474. The van der Waals surface area contributed by atoms with Crippen LogP contribution in [0.4, 0.5) is 0 Å². The molecule has 0 heterocycles. The molecular weight excluding hydrogens is 294 g/mol. The Labute approximate surface area is 135 Å². The van der Waals surface area contributed by atoms with E-state index in [-0.39, 0.29) is 18.9 Å². The van der Waals surface area contributed by atoms with Crippen molar-refractivity contribution in [2.45, 2.75) is 13.0 Å². The van der Waals surface area contributed by atoms with Gasteiger partial charge >= 0.3 is 5.97 Å². The second-order valence-electron chi connectivity index (χ2n) is 5.24. The Bertz CT molecular complexity index is 652. The second kappa shape index (κ2) is 7.98. The van der Waals surface area contributed by atoms with E-state index in [0.717, 1.165) is 5.56 Å². The molecule has 0 bridgehead atoms. The fourth-order valence-electron chi connectivity index (χ4n) is 2.08. The van der Waals surface area contributed by atoms with Crippen LogP contribution in [0.2, 0.25) is 0 Å². The lowest BCUT2D eigenvalue weighted by atomic mass is 10.1. The van der Waals surface area contributed by atoms with Gasteiger partial charge in [-0.25, -0.2) is 0 Å². The summed E-state index contributed by atoms with van der Waals surface area (Å²) in [4.78, 5) is 24.3. The molecule has 2 aromatic carbocycles. The Morgan fingerprint density at radius 2 is 1.65 bits per heavy atom. The Kier molecular flexibility index (Phi) is 5.74. The molecule has 0 radical (unpaired) electrons. The van der Waals surface area contributed by atoms with Crippen molar-refractivity contribution >= 4 is 11.9 Å². The molecule has 23 heavy (non-hydrogen) atoms. The third kappa shape index (κ3) is 5.47. The maximum atomic E-state index is 12.1. The lowest BCUT2D eigenvalue weighted by molar-refractivity contribution is -0.136. The predicted octanol–water partition coefficient (Wildman–Crippen LogP) is 2.35. The molecule has 5 nitrogen and oxygen atoms in total. The molecule has 0 aliphatic rings. The third-order valence-electron chi connectivity index (χ3n) is 3.33. The summed E-state index contributed by atoms with van der Waals surface area (Å²) in [6, 6.07) is 16.4. The molecule has 5 heteroatoms. The van der Waals surface area contributed by atoms with E-state index in [1.807, 2.05) is 30.3 Å². The number of rotatable bonds is 7. The molecule has 0 spiro atoms. The fourth-order valence-corrected chi connectivity index (χ4v) is 2.08. The van der Waals surface area contributed by atoms with E-state index in [4.69, 9.17) is 9.84 Å². The van der Waals surface area contributed by atoms with Crippen molar-refractivity contribution in [1.82, 2.24) is 4.90 Å². The molecule has 0 atom stereocenters. The van der Waals surface area contributed by atoms with Crippen LogP contribution in [0.1, 0.15) is 11.1 Å². The van der Waals surface area contributed by atoms with Crippen LogP contribution in [0.5, 0.6) is 5.75 Å². The minimum Gasteiger partial charge on any atom is -0.484 e. The molecule has 120 valence electrons. The van der Waals surface area contributed by atoms with E-state index in [2.05, 4.69) is 0 Å². The van der Waals surface area contributed by atoms with Gasteiger partial charge in [0.2, 0.25) is 0 Å². The SMILES string of the molecule is CN(Cc1ccccc1)C(=O)COc1ccc(CC(=O)O)cc1. The maximum Gasteiger partial charge on any atom is 0.307 e. The number of hydrogen-bond acceptors (Lipinski definition) is 3. The van der Waals surface area contributed by atoms with Gasteiger partial charge in [0.25, 0.3) is 5.91 Å². The topological polar surface area (TPSA) is 66.8 Å². The molecule has 0 saturated carbocycles. The van der Waals surface area contributed by atoms with Crippen molar-refractivity contribution in [2.75, 3.05) is 13.7 Å². The van der Waals surface area contributed by atoms with Gasteiger partial charge in [-0.15, -0.1) is 0 Å². The van der Waals surface area contributed by atoms with Crippen LogP contribution >= 0.6 is 0 Å². The number of carboxylic acids is 1. The van der Waals surface area contributed by atoms with Crippen molar-refractivity contribution in [3.63, 3.8) is 0 Å². The number of ether oxygens (including phenoxy) is 1. The number of likely N-dealkylation sites (N-methyl/N-ethyl adjacent to an activating group) is 1. The normalized spacial score (nSPS) is 10.1. The third-order valence-corrected chi connectivity index (χ3v) is 3.33. The summed E-state index contributed by atoms with van der Waals surface area (Å²) in [6.07, 6.45) is -0.0287. The molecule has 0 fully saturated rings. The van der Waals surface area contributed by atoms with Crippen molar-refractivity contribution in [1.29, 1.82) is 0 Å². The summed E-state index contributed by atoms with van der Waals surface area (Å²) in [5, 5.41) is 8.71. The van der Waals surface area contributed by atoms with Gasteiger partial charge in [0.05, 0.1) is 6.42 Å². The first-order valence-corrected chi connectivity index (χ1v) is 7.26. The van der Waals surface area contributed by atoms with Crippen LogP contribution in [0.25, 0.3) is 0 Å². The van der Waals surface area contributed by atoms with Gasteiger partial charge in [-0.1, -0.05) is 42.5 Å². The van der Waals surface area contributed by atoms with E-state index in [1.165, 1.54) is 0 Å². The zero-order chi connectivity index (χ0) is 16.7. The Balaban J connectivity index is 1.82. The van der Waals surface area contributed by atoms with Gasteiger partial charge in [0.1, 0.15) is 5.75 Å². The molecule has 0 aliphatic carbocycles. The van der Waals surface area contributed by atoms with Gasteiger partial charge in [-0.2, -0.15) is 0 Å². The summed E-state index contributed by atoms with van der Waals surface area (Å²) in [7, 11) is 1.73. The first-order chi connectivity index (χ1) is 11.0.